The van der Waals surface area contributed by atoms with Crippen LogP contribution in [0.3, 0.4) is 0 Å². The van der Waals surface area contributed by atoms with Gasteiger partial charge in [-0.2, -0.15) is 0 Å². The van der Waals surface area contributed by atoms with Gasteiger partial charge in [0.15, 0.2) is 11.7 Å². The molecule has 1 heterocycles. The molecule has 1 rings (SSSR count). The van der Waals surface area contributed by atoms with Gasteiger partial charge in [-0.25, -0.2) is 4.98 Å². The van der Waals surface area contributed by atoms with E-state index in [-0.39, 0.29) is 6.04 Å². The Hall–Kier alpha value is -1.32. The second-order valence-electron chi connectivity index (χ2n) is 3.40. The second kappa shape index (κ2) is 3.60. The van der Waals surface area contributed by atoms with E-state index in [1.165, 1.54) is 0 Å². The van der Waals surface area contributed by atoms with E-state index in [1.807, 2.05) is 27.7 Å². The molecule has 0 radical (unpaired) electrons. The highest BCUT2D eigenvalue weighted by molar-refractivity contribution is 5.94. The molecular formula is C9H16N4. The Balaban J connectivity index is 2.95. The zero-order valence-corrected chi connectivity index (χ0v) is 8.55. The number of aliphatic imine (C=N–C) groups is 1. The molecule has 1 aromatic rings. The number of amidine groups is 1. The van der Waals surface area contributed by atoms with Gasteiger partial charge in [-0.3, -0.25) is 4.99 Å². The van der Waals surface area contributed by atoms with E-state index >= 15 is 0 Å². The highest BCUT2D eigenvalue weighted by Crippen LogP contribution is 2.02. The minimum Gasteiger partial charge on any atom is -0.381 e. The predicted molar refractivity (Wildman–Crippen MR) is 53.9 cm³/mol. The number of rotatable bonds is 2. The Kier molecular flexibility index (Phi) is 2.70. The van der Waals surface area contributed by atoms with E-state index in [2.05, 4.69) is 15.0 Å². The molecule has 4 heteroatoms. The molecule has 0 aliphatic rings. The molecular weight excluding hydrogens is 164 g/mol. The van der Waals surface area contributed by atoms with Crippen LogP contribution < -0.4 is 5.73 Å². The molecule has 0 atom stereocenters. The van der Waals surface area contributed by atoms with E-state index < -0.39 is 0 Å². The third-order valence-corrected chi connectivity index (χ3v) is 1.77. The number of aryl methyl sites for hydroxylation is 2. The van der Waals surface area contributed by atoms with Crippen LogP contribution in [-0.4, -0.2) is 21.8 Å². The maximum Gasteiger partial charge on any atom is 0.173 e. The van der Waals surface area contributed by atoms with E-state index in [9.17, 15) is 0 Å². The predicted octanol–water partition coefficient (Wildman–Crippen LogP) is 1.14. The van der Waals surface area contributed by atoms with E-state index in [1.54, 1.807) is 0 Å². The standard InChI is InChI=1S/C9H16N4/c1-5(2)11-8(10)9-12-6(3)7(4)13-9/h5H,1-4H3,(H2,10,11)(H,12,13). The summed E-state index contributed by atoms with van der Waals surface area (Å²) in [7, 11) is 0. The van der Waals surface area contributed by atoms with Crippen LogP contribution in [0, 0.1) is 13.8 Å². The van der Waals surface area contributed by atoms with Crippen LogP contribution in [0.2, 0.25) is 0 Å². The van der Waals surface area contributed by atoms with Gasteiger partial charge in [0.05, 0.1) is 5.69 Å². The lowest BCUT2D eigenvalue weighted by Gasteiger charge is -1.98. The third-order valence-electron chi connectivity index (χ3n) is 1.77. The van der Waals surface area contributed by atoms with Crippen molar-refractivity contribution in [1.29, 1.82) is 0 Å². The first kappa shape index (κ1) is 9.77. The van der Waals surface area contributed by atoms with Crippen molar-refractivity contribution >= 4 is 5.84 Å². The van der Waals surface area contributed by atoms with Crippen molar-refractivity contribution in [3.63, 3.8) is 0 Å². The van der Waals surface area contributed by atoms with Crippen molar-refractivity contribution in [1.82, 2.24) is 9.97 Å². The Morgan fingerprint density at radius 3 is 2.46 bits per heavy atom. The van der Waals surface area contributed by atoms with Crippen molar-refractivity contribution in [3.05, 3.63) is 17.2 Å². The summed E-state index contributed by atoms with van der Waals surface area (Å²) in [6.45, 7) is 7.87. The van der Waals surface area contributed by atoms with Gasteiger partial charge in [-0.1, -0.05) is 0 Å². The number of nitrogens with one attached hydrogen (secondary N) is 1. The molecule has 1 aromatic heterocycles. The number of nitrogens with zero attached hydrogens (tertiary/aromatic N) is 2. The van der Waals surface area contributed by atoms with Crippen LogP contribution in [0.1, 0.15) is 31.1 Å². The monoisotopic (exact) mass is 180 g/mol. The maximum absolute atomic E-state index is 5.73. The molecule has 0 spiro atoms. The van der Waals surface area contributed by atoms with Crippen LogP contribution in [0.15, 0.2) is 4.99 Å². The summed E-state index contributed by atoms with van der Waals surface area (Å²) in [6.07, 6.45) is 0. The first-order valence-corrected chi connectivity index (χ1v) is 4.37. The Labute approximate surface area is 78.3 Å². The van der Waals surface area contributed by atoms with Crippen molar-refractivity contribution in [2.45, 2.75) is 33.7 Å². The highest BCUT2D eigenvalue weighted by atomic mass is 15.0. The maximum atomic E-state index is 5.73. The Morgan fingerprint density at radius 2 is 2.08 bits per heavy atom. The van der Waals surface area contributed by atoms with E-state index in [0.29, 0.717) is 11.7 Å². The average Bonchev–Trinajstić information content (AvgIpc) is 2.31. The molecule has 0 amide bonds. The summed E-state index contributed by atoms with van der Waals surface area (Å²) in [5.41, 5.74) is 7.74. The SMILES string of the molecule is Cc1nc(C(N)=NC(C)C)[nH]c1C. The smallest absolute Gasteiger partial charge is 0.173 e. The summed E-state index contributed by atoms with van der Waals surface area (Å²) >= 11 is 0. The van der Waals surface area contributed by atoms with Gasteiger partial charge >= 0.3 is 0 Å². The van der Waals surface area contributed by atoms with Crippen LogP contribution in [0.25, 0.3) is 0 Å². The molecule has 3 N–H and O–H groups in total. The molecule has 0 bridgehead atoms. The molecule has 0 unspecified atom stereocenters. The fourth-order valence-corrected chi connectivity index (χ4v) is 1.01. The van der Waals surface area contributed by atoms with Crippen molar-refractivity contribution in [2.24, 2.45) is 10.7 Å². The van der Waals surface area contributed by atoms with Gasteiger partial charge in [0.25, 0.3) is 0 Å². The van der Waals surface area contributed by atoms with E-state index in [4.69, 9.17) is 5.73 Å². The summed E-state index contributed by atoms with van der Waals surface area (Å²) in [6, 6.07) is 0.200. The van der Waals surface area contributed by atoms with Gasteiger partial charge in [-0.15, -0.1) is 0 Å². The average molecular weight is 180 g/mol. The highest BCUT2D eigenvalue weighted by Gasteiger charge is 2.05. The largest absolute Gasteiger partial charge is 0.381 e. The van der Waals surface area contributed by atoms with Crippen molar-refractivity contribution in [2.75, 3.05) is 0 Å². The summed E-state index contributed by atoms with van der Waals surface area (Å²) in [5, 5.41) is 0. The van der Waals surface area contributed by atoms with Crippen LogP contribution in [0.4, 0.5) is 0 Å². The first-order valence-electron chi connectivity index (χ1n) is 4.37. The zero-order chi connectivity index (χ0) is 10.0. The second-order valence-corrected chi connectivity index (χ2v) is 3.40. The molecule has 4 nitrogen and oxygen atoms in total. The van der Waals surface area contributed by atoms with Crippen molar-refractivity contribution < 1.29 is 0 Å². The molecule has 0 aromatic carbocycles. The minimum absolute atomic E-state index is 0.200. The minimum atomic E-state index is 0.200. The summed E-state index contributed by atoms with van der Waals surface area (Å²) in [5.74, 6) is 1.15. The molecule has 72 valence electrons. The number of hydrogen-bond acceptors (Lipinski definition) is 2. The normalized spacial score (nSPS) is 12.5. The number of imidazole rings is 1. The number of H-pyrrole nitrogens is 1. The van der Waals surface area contributed by atoms with Gasteiger partial charge in [0, 0.05) is 11.7 Å². The zero-order valence-electron chi connectivity index (χ0n) is 8.55. The lowest BCUT2D eigenvalue weighted by atomic mass is 10.4. The van der Waals surface area contributed by atoms with Gasteiger partial charge < -0.3 is 10.7 Å². The lowest BCUT2D eigenvalue weighted by Crippen LogP contribution is -2.17. The molecule has 13 heavy (non-hydrogen) atoms. The molecule has 0 saturated carbocycles. The van der Waals surface area contributed by atoms with Crippen molar-refractivity contribution in [3.8, 4) is 0 Å². The van der Waals surface area contributed by atoms with Crippen LogP contribution >= 0.6 is 0 Å². The Morgan fingerprint density at radius 1 is 1.46 bits per heavy atom. The quantitative estimate of drug-likeness (QED) is 0.529. The van der Waals surface area contributed by atoms with Gasteiger partial charge in [-0.05, 0) is 27.7 Å². The van der Waals surface area contributed by atoms with Gasteiger partial charge in [0.1, 0.15) is 0 Å². The third kappa shape index (κ3) is 2.31. The number of aromatic nitrogens is 2. The molecule has 0 aliphatic heterocycles. The van der Waals surface area contributed by atoms with Crippen LogP contribution in [0.5, 0.6) is 0 Å². The number of aromatic amines is 1. The fourth-order valence-electron chi connectivity index (χ4n) is 1.01. The fraction of sp³-hybridized carbons (Fsp3) is 0.556. The van der Waals surface area contributed by atoms with Gasteiger partial charge in [0.2, 0.25) is 0 Å². The molecule has 0 aliphatic carbocycles. The number of nitrogens with two attached hydrogens (primary N) is 1. The summed E-state index contributed by atoms with van der Waals surface area (Å²) < 4.78 is 0. The van der Waals surface area contributed by atoms with Crippen LogP contribution in [-0.2, 0) is 0 Å². The molecule has 0 fully saturated rings. The van der Waals surface area contributed by atoms with E-state index in [0.717, 1.165) is 11.4 Å². The Bertz CT molecular complexity index is 303. The first-order chi connectivity index (χ1) is 6.00. The lowest BCUT2D eigenvalue weighted by molar-refractivity contribution is 0.832. The topological polar surface area (TPSA) is 67.1 Å². The molecule has 0 saturated heterocycles. The summed E-state index contributed by atoms with van der Waals surface area (Å²) in [4.78, 5) is 11.5. The number of hydrogen-bond donors (Lipinski definition) is 2.